The quantitative estimate of drug-likeness (QED) is 0.478. The second kappa shape index (κ2) is 8.15. The summed E-state index contributed by atoms with van der Waals surface area (Å²) in [4.78, 5) is 24.7. The molecule has 3 heterocycles. The van der Waals surface area contributed by atoms with E-state index >= 15 is 0 Å². The molecule has 0 aliphatic heterocycles. The molecule has 0 aliphatic carbocycles. The highest BCUT2D eigenvalue weighted by atomic mass is 32.2. The zero-order valence-corrected chi connectivity index (χ0v) is 16.1. The first-order valence-corrected chi connectivity index (χ1v) is 9.59. The number of fused-ring (bicyclic) bond motifs is 1. The maximum Gasteiger partial charge on any atom is 0.447 e. The lowest BCUT2D eigenvalue weighted by molar-refractivity contribution is -0.0329. The highest BCUT2D eigenvalue weighted by Gasteiger charge is 2.32. The number of carbonyl (C=O) groups is 1. The van der Waals surface area contributed by atoms with Gasteiger partial charge in [0.25, 0.3) is 5.91 Å². The number of benzene rings is 1. The van der Waals surface area contributed by atoms with Crippen molar-refractivity contribution in [2.45, 2.75) is 17.1 Å². The van der Waals surface area contributed by atoms with E-state index in [-0.39, 0.29) is 17.1 Å². The Kier molecular flexibility index (Phi) is 5.40. The standard InChI is InChI=1S/C20H14F3N5OS/c21-20(22,23)30-19-14(4-3-9-24-19)18(29)26-11-13-7-8-17(25-10-13)28-12-27-15-5-1-2-6-16(15)28/h1-10,12H,11H2,(H,26,29). The van der Waals surface area contributed by atoms with Crippen molar-refractivity contribution in [3.05, 3.63) is 78.4 Å². The average molecular weight is 429 g/mol. The van der Waals surface area contributed by atoms with Gasteiger partial charge in [-0.25, -0.2) is 15.0 Å². The number of pyridine rings is 2. The Morgan fingerprint density at radius 1 is 1.03 bits per heavy atom. The minimum atomic E-state index is -4.53. The summed E-state index contributed by atoms with van der Waals surface area (Å²) in [5.74, 6) is 0.0226. The number of imidazole rings is 1. The second-order valence-corrected chi connectivity index (χ2v) is 7.27. The molecule has 0 spiro atoms. The molecule has 0 unspecified atom stereocenters. The first-order chi connectivity index (χ1) is 14.4. The third kappa shape index (κ3) is 4.43. The second-order valence-electron chi connectivity index (χ2n) is 6.21. The van der Waals surface area contributed by atoms with E-state index in [0.29, 0.717) is 11.4 Å². The number of hydrogen-bond acceptors (Lipinski definition) is 5. The summed E-state index contributed by atoms with van der Waals surface area (Å²) in [7, 11) is 0. The molecule has 0 atom stereocenters. The average Bonchev–Trinajstić information content (AvgIpc) is 3.16. The van der Waals surface area contributed by atoms with Gasteiger partial charge in [-0.1, -0.05) is 18.2 Å². The molecule has 10 heteroatoms. The Balaban J connectivity index is 1.46. The smallest absolute Gasteiger partial charge is 0.348 e. The highest BCUT2D eigenvalue weighted by Crippen LogP contribution is 2.37. The number of alkyl halides is 3. The molecular weight excluding hydrogens is 415 g/mol. The number of rotatable bonds is 5. The largest absolute Gasteiger partial charge is 0.447 e. The lowest BCUT2D eigenvalue weighted by atomic mass is 10.2. The van der Waals surface area contributed by atoms with Gasteiger partial charge in [0.05, 0.1) is 16.6 Å². The van der Waals surface area contributed by atoms with Gasteiger partial charge >= 0.3 is 5.51 Å². The number of carbonyl (C=O) groups excluding carboxylic acids is 1. The maximum atomic E-state index is 12.7. The molecule has 152 valence electrons. The van der Waals surface area contributed by atoms with E-state index in [2.05, 4.69) is 20.3 Å². The molecule has 1 aromatic carbocycles. The zero-order chi connectivity index (χ0) is 21.1. The number of nitrogens with one attached hydrogen (secondary N) is 1. The van der Waals surface area contributed by atoms with Crippen molar-refractivity contribution in [1.82, 2.24) is 24.8 Å². The van der Waals surface area contributed by atoms with Gasteiger partial charge in [-0.05, 0) is 35.9 Å². The van der Waals surface area contributed by atoms with Gasteiger partial charge in [0.2, 0.25) is 0 Å². The van der Waals surface area contributed by atoms with Gasteiger partial charge in [-0.3, -0.25) is 9.36 Å². The van der Waals surface area contributed by atoms with Gasteiger partial charge in [0, 0.05) is 30.7 Å². The minimum absolute atomic E-state index is 0.113. The predicted octanol–water partition coefficient (Wildman–Crippen LogP) is 4.36. The van der Waals surface area contributed by atoms with Crippen molar-refractivity contribution in [2.75, 3.05) is 0 Å². The first-order valence-electron chi connectivity index (χ1n) is 8.77. The molecule has 3 aromatic heterocycles. The van der Waals surface area contributed by atoms with Crippen LogP contribution in [0.1, 0.15) is 15.9 Å². The molecule has 6 nitrogen and oxygen atoms in total. The summed E-state index contributed by atoms with van der Waals surface area (Å²) in [6.07, 6.45) is 4.49. The Bertz CT molecular complexity index is 1190. The molecule has 30 heavy (non-hydrogen) atoms. The van der Waals surface area contributed by atoms with Crippen molar-refractivity contribution in [3.8, 4) is 5.82 Å². The van der Waals surface area contributed by atoms with Crippen molar-refractivity contribution in [2.24, 2.45) is 0 Å². The topological polar surface area (TPSA) is 72.7 Å². The number of amides is 1. The molecule has 0 radical (unpaired) electrons. The molecule has 0 saturated heterocycles. The first kappa shape index (κ1) is 19.9. The van der Waals surface area contributed by atoms with Crippen LogP contribution < -0.4 is 5.32 Å². The molecular formula is C20H14F3N5OS. The van der Waals surface area contributed by atoms with Crippen LogP contribution in [0.15, 0.2) is 72.3 Å². The lowest BCUT2D eigenvalue weighted by Gasteiger charge is -2.10. The molecule has 0 aliphatic rings. The van der Waals surface area contributed by atoms with E-state index in [1.165, 1.54) is 18.3 Å². The van der Waals surface area contributed by atoms with Crippen LogP contribution in [0, 0.1) is 0 Å². The third-order valence-corrected chi connectivity index (χ3v) is 4.94. The number of hydrogen-bond donors (Lipinski definition) is 1. The van der Waals surface area contributed by atoms with E-state index in [1.807, 2.05) is 28.8 Å². The van der Waals surface area contributed by atoms with E-state index in [0.717, 1.165) is 11.0 Å². The van der Waals surface area contributed by atoms with Crippen molar-refractivity contribution >= 4 is 28.7 Å². The van der Waals surface area contributed by atoms with Crippen LogP contribution in [-0.4, -0.2) is 30.9 Å². The monoisotopic (exact) mass is 429 g/mol. The fourth-order valence-corrected chi connectivity index (χ4v) is 3.44. The van der Waals surface area contributed by atoms with Crippen LogP contribution in [0.5, 0.6) is 0 Å². The predicted molar refractivity (Wildman–Crippen MR) is 106 cm³/mol. The zero-order valence-electron chi connectivity index (χ0n) is 15.3. The van der Waals surface area contributed by atoms with Crippen LogP contribution in [0.25, 0.3) is 16.9 Å². The van der Waals surface area contributed by atoms with Crippen LogP contribution >= 0.6 is 11.8 Å². The molecule has 0 saturated carbocycles. The van der Waals surface area contributed by atoms with E-state index in [9.17, 15) is 18.0 Å². The Hall–Kier alpha value is -3.40. The van der Waals surface area contributed by atoms with Crippen LogP contribution in [0.2, 0.25) is 0 Å². The summed E-state index contributed by atoms with van der Waals surface area (Å²) < 4.78 is 39.8. The van der Waals surface area contributed by atoms with E-state index in [4.69, 9.17) is 0 Å². The van der Waals surface area contributed by atoms with E-state index in [1.54, 1.807) is 24.7 Å². The van der Waals surface area contributed by atoms with Gasteiger partial charge < -0.3 is 5.32 Å². The highest BCUT2D eigenvalue weighted by molar-refractivity contribution is 8.00. The number of nitrogens with zero attached hydrogens (tertiary/aromatic N) is 4. The SMILES string of the molecule is O=C(NCc1ccc(-n2cnc3ccccc32)nc1)c1cccnc1SC(F)(F)F. The summed E-state index contributed by atoms with van der Waals surface area (Å²) in [6.45, 7) is 0.113. The molecule has 4 rings (SSSR count). The van der Waals surface area contributed by atoms with Crippen LogP contribution in [-0.2, 0) is 6.54 Å². The molecule has 0 bridgehead atoms. The summed E-state index contributed by atoms with van der Waals surface area (Å²) in [5.41, 5.74) is -2.20. The number of halogens is 3. The Morgan fingerprint density at radius 3 is 2.63 bits per heavy atom. The van der Waals surface area contributed by atoms with Crippen molar-refractivity contribution < 1.29 is 18.0 Å². The van der Waals surface area contributed by atoms with Gasteiger partial charge in [0.15, 0.2) is 0 Å². The fourth-order valence-electron chi connectivity index (χ4n) is 2.84. The minimum Gasteiger partial charge on any atom is -0.348 e. The molecule has 4 aromatic rings. The van der Waals surface area contributed by atoms with Gasteiger partial charge in [-0.15, -0.1) is 0 Å². The maximum absolute atomic E-state index is 12.7. The van der Waals surface area contributed by atoms with Gasteiger partial charge in [0.1, 0.15) is 17.2 Å². The molecule has 1 amide bonds. The van der Waals surface area contributed by atoms with Crippen molar-refractivity contribution in [3.63, 3.8) is 0 Å². The molecule has 1 N–H and O–H groups in total. The number of aromatic nitrogens is 4. The van der Waals surface area contributed by atoms with Crippen LogP contribution in [0.3, 0.4) is 0 Å². The van der Waals surface area contributed by atoms with Gasteiger partial charge in [-0.2, -0.15) is 13.2 Å². The fraction of sp³-hybridized carbons (Fsp3) is 0.100. The summed E-state index contributed by atoms with van der Waals surface area (Å²) in [5, 5.41) is 2.22. The Labute approximate surface area is 173 Å². The van der Waals surface area contributed by atoms with Crippen LogP contribution in [0.4, 0.5) is 13.2 Å². The lowest BCUT2D eigenvalue weighted by Crippen LogP contribution is -2.24. The Morgan fingerprint density at radius 2 is 1.87 bits per heavy atom. The summed E-state index contributed by atoms with van der Waals surface area (Å²) >= 11 is -0.414. The van der Waals surface area contributed by atoms with Crippen molar-refractivity contribution in [1.29, 1.82) is 0 Å². The number of para-hydroxylation sites is 2. The molecule has 0 fully saturated rings. The normalized spacial score (nSPS) is 11.6. The number of thioether (sulfide) groups is 1. The summed E-state index contributed by atoms with van der Waals surface area (Å²) in [6, 6.07) is 13.9. The van der Waals surface area contributed by atoms with E-state index < -0.39 is 23.2 Å². The third-order valence-electron chi connectivity index (χ3n) is 4.19.